The summed E-state index contributed by atoms with van der Waals surface area (Å²) in [5.74, 6) is 0.152. The summed E-state index contributed by atoms with van der Waals surface area (Å²) in [5, 5.41) is 3.53. The molecule has 19 heavy (non-hydrogen) atoms. The Kier molecular flexibility index (Phi) is 3.31. The van der Waals surface area contributed by atoms with Gasteiger partial charge < -0.3 is 5.32 Å². The molecule has 0 aliphatic carbocycles. The molecule has 1 N–H and O–H groups in total. The van der Waals surface area contributed by atoms with E-state index in [9.17, 15) is 4.79 Å². The average molecular weight is 276 g/mol. The molecular weight excluding hydrogens is 256 g/mol. The van der Waals surface area contributed by atoms with Crippen LogP contribution in [0.15, 0.2) is 29.2 Å². The molecule has 1 amide bonds. The van der Waals surface area contributed by atoms with E-state index in [0.717, 1.165) is 26.1 Å². The minimum Gasteiger partial charge on any atom is -0.353 e. The van der Waals surface area contributed by atoms with E-state index in [4.69, 9.17) is 0 Å². The summed E-state index contributed by atoms with van der Waals surface area (Å²) in [5.41, 5.74) is 1.07. The minimum atomic E-state index is -0.381. The van der Waals surface area contributed by atoms with E-state index in [1.54, 1.807) is 0 Å². The van der Waals surface area contributed by atoms with E-state index < -0.39 is 0 Å². The molecule has 3 nitrogen and oxygen atoms in total. The SMILES string of the molecule is CC1(C)C(=O)NCCN1CC1Cc2ccccc2S1. The van der Waals surface area contributed by atoms with Crippen LogP contribution in [0.2, 0.25) is 0 Å². The van der Waals surface area contributed by atoms with E-state index in [2.05, 4.69) is 34.5 Å². The van der Waals surface area contributed by atoms with Crippen molar-refractivity contribution in [3.05, 3.63) is 29.8 Å². The highest BCUT2D eigenvalue weighted by atomic mass is 32.2. The number of hydrogen-bond donors (Lipinski definition) is 1. The smallest absolute Gasteiger partial charge is 0.239 e. The van der Waals surface area contributed by atoms with Gasteiger partial charge in [-0.15, -0.1) is 11.8 Å². The summed E-state index contributed by atoms with van der Waals surface area (Å²) in [6.07, 6.45) is 1.12. The number of piperazine rings is 1. The van der Waals surface area contributed by atoms with Gasteiger partial charge in [-0.25, -0.2) is 0 Å². The van der Waals surface area contributed by atoms with Crippen molar-refractivity contribution in [2.45, 2.75) is 36.0 Å². The molecule has 2 aliphatic heterocycles. The largest absolute Gasteiger partial charge is 0.353 e. The van der Waals surface area contributed by atoms with Crippen LogP contribution in [-0.4, -0.2) is 41.2 Å². The molecule has 1 atom stereocenters. The van der Waals surface area contributed by atoms with Crippen LogP contribution in [0.3, 0.4) is 0 Å². The van der Waals surface area contributed by atoms with Gasteiger partial charge in [-0.3, -0.25) is 9.69 Å². The number of amides is 1. The molecule has 1 aromatic carbocycles. The van der Waals surface area contributed by atoms with E-state index in [-0.39, 0.29) is 11.4 Å². The first kappa shape index (κ1) is 13.0. The Labute approximate surface area is 118 Å². The number of nitrogens with zero attached hydrogens (tertiary/aromatic N) is 1. The molecule has 0 spiro atoms. The van der Waals surface area contributed by atoms with Crippen LogP contribution in [0, 0.1) is 0 Å². The number of fused-ring (bicyclic) bond motifs is 1. The van der Waals surface area contributed by atoms with Crippen LogP contribution in [0.4, 0.5) is 0 Å². The summed E-state index contributed by atoms with van der Waals surface area (Å²) in [7, 11) is 0. The monoisotopic (exact) mass is 276 g/mol. The van der Waals surface area contributed by atoms with Crippen molar-refractivity contribution in [2.24, 2.45) is 0 Å². The molecule has 1 aromatic rings. The van der Waals surface area contributed by atoms with Crippen molar-refractivity contribution in [1.29, 1.82) is 0 Å². The maximum absolute atomic E-state index is 12.0. The van der Waals surface area contributed by atoms with Crippen molar-refractivity contribution < 1.29 is 4.79 Å². The van der Waals surface area contributed by atoms with E-state index in [1.807, 2.05) is 25.6 Å². The molecule has 1 unspecified atom stereocenters. The zero-order valence-electron chi connectivity index (χ0n) is 11.5. The highest BCUT2D eigenvalue weighted by Crippen LogP contribution is 2.37. The van der Waals surface area contributed by atoms with E-state index in [1.165, 1.54) is 10.5 Å². The lowest BCUT2D eigenvalue weighted by atomic mass is 9.98. The molecule has 3 rings (SSSR count). The molecular formula is C15H20N2OS. The van der Waals surface area contributed by atoms with Gasteiger partial charge >= 0.3 is 0 Å². The molecule has 0 aromatic heterocycles. The first-order valence-electron chi connectivity index (χ1n) is 6.85. The third-order valence-corrected chi connectivity index (χ3v) is 5.45. The lowest BCUT2D eigenvalue weighted by molar-refractivity contribution is -0.134. The summed E-state index contributed by atoms with van der Waals surface area (Å²) in [4.78, 5) is 15.7. The molecule has 0 saturated carbocycles. The predicted molar refractivity (Wildman–Crippen MR) is 78.5 cm³/mol. The van der Waals surface area contributed by atoms with Gasteiger partial charge in [-0.05, 0) is 31.9 Å². The Balaban J connectivity index is 1.69. The highest BCUT2D eigenvalue weighted by Gasteiger charge is 2.39. The lowest BCUT2D eigenvalue weighted by Gasteiger charge is -2.42. The first-order valence-corrected chi connectivity index (χ1v) is 7.73. The number of benzene rings is 1. The van der Waals surface area contributed by atoms with Crippen molar-refractivity contribution >= 4 is 17.7 Å². The van der Waals surface area contributed by atoms with Crippen molar-refractivity contribution in [3.63, 3.8) is 0 Å². The van der Waals surface area contributed by atoms with Gasteiger partial charge in [0, 0.05) is 29.8 Å². The maximum Gasteiger partial charge on any atom is 0.239 e. The second-order valence-electron chi connectivity index (χ2n) is 5.81. The zero-order chi connectivity index (χ0) is 13.5. The average Bonchev–Trinajstić information content (AvgIpc) is 2.78. The standard InChI is InChI=1S/C15H20N2OS/c1-15(2)14(18)16-7-8-17(15)10-12-9-11-5-3-4-6-13(11)19-12/h3-6,12H,7-10H2,1-2H3,(H,16,18). The summed E-state index contributed by atoms with van der Waals surface area (Å²) >= 11 is 1.96. The molecule has 2 heterocycles. The van der Waals surface area contributed by atoms with Crippen LogP contribution < -0.4 is 5.32 Å². The van der Waals surface area contributed by atoms with Crippen molar-refractivity contribution in [3.8, 4) is 0 Å². The number of nitrogens with one attached hydrogen (secondary N) is 1. The van der Waals surface area contributed by atoms with Crippen LogP contribution >= 0.6 is 11.8 Å². The van der Waals surface area contributed by atoms with Gasteiger partial charge in [0.1, 0.15) is 0 Å². The number of carbonyl (C=O) groups excluding carboxylic acids is 1. The van der Waals surface area contributed by atoms with Crippen LogP contribution in [-0.2, 0) is 11.2 Å². The quantitative estimate of drug-likeness (QED) is 0.895. The third kappa shape index (κ3) is 2.39. The van der Waals surface area contributed by atoms with Crippen LogP contribution in [0.5, 0.6) is 0 Å². The molecule has 4 heteroatoms. The Hall–Kier alpha value is -1.00. The van der Waals surface area contributed by atoms with Gasteiger partial charge in [0.05, 0.1) is 5.54 Å². The summed E-state index contributed by atoms with van der Waals surface area (Å²) < 4.78 is 0. The fraction of sp³-hybridized carbons (Fsp3) is 0.533. The highest BCUT2D eigenvalue weighted by molar-refractivity contribution is 8.00. The zero-order valence-corrected chi connectivity index (χ0v) is 12.3. The number of hydrogen-bond acceptors (Lipinski definition) is 3. The second kappa shape index (κ2) is 4.84. The molecule has 1 fully saturated rings. The van der Waals surface area contributed by atoms with Gasteiger partial charge in [0.15, 0.2) is 0 Å². The van der Waals surface area contributed by atoms with Gasteiger partial charge in [-0.1, -0.05) is 18.2 Å². The summed E-state index contributed by atoms with van der Waals surface area (Å²) in [6.45, 7) is 6.75. The molecule has 2 aliphatic rings. The molecule has 102 valence electrons. The maximum atomic E-state index is 12.0. The Bertz CT molecular complexity index is 476. The molecule has 0 radical (unpaired) electrons. The fourth-order valence-corrected chi connectivity index (χ4v) is 4.20. The predicted octanol–water partition coefficient (Wildman–Crippen LogP) is 1.91. The minimum absolute atomic E-state index is 0.152. The van der Waals surface area contributed by atoms with Crippen LogP contribution in [0.25, 0.3) is 0 Å². The summed E-state index contributed by atoms with van der Waals surface area (Å²) in [6, 6.07) is 8.64. The Morgan fingerprint density at radius 3 is 3.00 bits per heavy atom. The third-order valence-electron chi connectivity index (χ3n) is 4.15. The van der Waals surface area contributed by atoms with E-state index in [0.29, 0.717) is 5.25 Å². The second-order valence-corrected chi connectivity index (χ2v) is 7.15. The number of thioether (sulfide) groups is 1. The van der Waals surface area contributed by atoms with Gasteiger partial charge in [-0.2, -0.15) is 0 Å². The Morgan fingerprint density at radius 2 is 2.21 bits per heavy atom. The van der Waals surface area contributed by atoms with Gasteiger partial charge in [0.25, 0.3) is 0 Å². The Morgan fingerprint density at radius 1 is 1.42 bits per heavy atom. The van der Waals surface area contributed by atoms with Crippen LogP contribution in [0.1, 0.15) is 19.4 Å². The molecule has 0 bridgehead atoms. The normalized spacial score (nSPS) is 26.0. The van der Waals surface area contributed by atoms with E-state index >= 15 is 0 Å². The first-order chi connectivity index (χ1) is 9.07. The fourth-order valence-electron chi connectivity index (χ4n) is 2.86. The van der Waals surface area contributed by atoms with Gasteiger partial charge in [0.2, 0.25) is 5.91 Å². The van der Waals surface area contributed by atoms with Crippen molar-refractivity contribution in [2.75, 3.05) is 19.6 Å². The lowest BCUT2D eigenvalue weighted by Crippen LogP contribution is -2.62. The number of rotatable bonds is 2. The molecule has 1 saturated heterocycles. The van der Waals surface area contributed by atoms with Crippen molar-refractivity contribution in [1.82, 2.24) is 10.2 Å². The number of carbonyl (C=O) groups is 1. The topological polar surface area (TPSA) is 32.3 Å².